The van der Waals surface area contributed by atoms with Crippen LogP contribution in [0, 0.1) is 10.1 Å². The van der Waals surface area contributed by atoms with Gasteiger partial charge in [0, 0.05) is 49.6 Å². The minimum atomic E-state index is -4.80. The maximum Gasteiger partial charge on any atom is 0.573 e. The lowest BCUT2D eigenvalue weighted by molar-refractivity contribution is -0.521. The molecule has 50 heavy (non-hydrogen) atoms. The third-order valence-electron chi connectivity index (χ3n) is 8.61. The van der Waals surface area contributed by atoms with Crippen LogP contribution in [0.15, 0.2) is 109 Å². The van der Waals surface area contributed by atoms with Crippen molar-refractivity contribution in [1.82, 2.24) is 9.80 Å². The molecule has 2 fully saturated rings. The smallest absolute Gasteiger partial charge is 0.406 e. The normalized spacial score (nSPS) is 21.3. The molecule has 0 radical (unpaired) electrons. The van der Waals surface area contributed by atoms with Crippen LogP contribution in [0.4, 0.5) is 26.3 Å². The minimum absolute atomic E-state index is 0.00880. The molecule has 0 aliphatic carbocycles. The second kappa shape index (κ2) is 15.9. The molecule has 0 saturated carbocycles. The fourth-order valence-corrected chi connectivity index (χ4v) is 6.50. The zero-order valence-corrected chi connectivity index (χ0v) is 26.8. The van der Waals surface area contributed by atoms with Gasteiger partial charge in [0.2, 0.25) is 6.04 Å². The third-order valence-corrected chi connectivity index (χ3v) is 8.61. The Labute approximate surface area is 285 Å². The molecule has 0 unspecified atom stereocenters. The van der Waals surface area contributed by atoms with E-state index in [-0.39, 0.29) is 34.9 Å². The number of hydrogen-bond donors (Lipinski definition) is 1. The number of hydrogen-bond acceptors (Lipinski definition) is 7. The number of halogens is 6. The largest absolute Gasteiger partial charge is 0.573 e. The molecule has 2 N–H and O–H groups in total. The number of alkyl halides is 6. The molecule has 2 saturated heterocycles. The Bertz CT molecular complexity index is 1690. The summed E-state index contributed by atoms with van der Waals surface area (Å²) in [5.74, 6) is -1.07. The summed E-state index contributed by atoms with van der Waals surface area (Å²) in [4.78, 5) is 15.3. The molecule has 14 heteroatoms. The van der Waals surface area contributed by atoms with Crippen molar-refractivity contribution in [1.29, 1.82) is 0 Å². The summed E-state index contributed by atoms with van der Waals surface area (Å²) in [7, 11) is 0. The lowest BCUT2D eigenvalue weighted by atomic mass is 9.94. The van der Waals surface area contributed by atoms with Gasteiger partial charge >= 0.3 is 12.7 Å². The Morgan fingerprint density at radius 3 is 1.54 bits per heavy atom. The Morgan fingerprint density at radius 2 is 1.08 bits per heavy atom. The Hall–Kier alpha value is -4.66. The van der Waals surface area contributed by atoms with Crippen molar-refractivity contribution >= 4 is 0 Å². The number of nitrogens with two attached hydrogens (primary N) is 1. The van der Waals surface area contributed by atoms with Gasteiger partial charge in [-0.2, -0.15) is 0 Å². The number of ether oxygens (including phenoxy) is 2. The molecule has 4 aromatic rings. The van der Waals surface area contributed by atoms with Crippen LogP contribution in [-0.2, 0) is 13.1 Å². The fraction of sp³-hybridized carbons (Fsp3) is 0.333. The molecule has 4 aromatic carbocycles. The van der Waals surface area contributed by atoms with Crippen molar-refractivity contribution in [3.63, 3.8) is 0 Å². The first kappa shape index (κ1) is 36.6. The molecule has 4 atom stereocenters. The van der Waals surface area contributed by atoms with E-state index in [0.717, 1.165) is 17.7 Å². The van der Waals surface area contributed by atoms with Gasteiger partial charge in [0.15, 0.2) is 0 Å². The fourth-order valence-electron chi connectivity index (χ4n) is 6.50. The molecule has 2 aliphatic rings. The number of rotatable bonds is 9. The van der Waals surface area contributed by atoms with Gasteiger partial charge in [-0.05, 0) is 46.5 Å². The van der Waals surface area contributed by atoms with Crippen molar-refractivity contribution in [2.75, 3.05) is 26.2 Å². The van der Waals surface area contributed by atoms with Crippen LogP contribution in [0.2, 0.25) is 0 Å². The molecule has 6 rings (SSSR count). The van der Waals surface area contributed by atoms with E-state index in [0.29, 0.717) is 31.7 Å². The highest BCUT2D eigenvalue weighted by Gasteiger charge is 2.42. The third kappa shape index (κ3) is 10.7. The Morgan fingerprint density at radius 1 is 0.640 bits per heavy atom. The van der Waals surface area contributed by atoms with Crippen molar-refractivity contribution in [3.8, 4) is 11.5 Å². The van der Waals surface area contributed by atoms with Crippen molar-refractivity contribution in [2.24, 2.45) is 5.73 Å². The Balaban J connectivity index is 0.000000195. The van der Waals surface area contributed by atoms with E-state index in [9.17, 15) is 36.5 Å². The second-order valence-electron chi connectivity index (χ2n) is 12.3. The van der Waals surface area contributed by atoms with E-state index in [2.05, 4.69) is 26.5 Å². The van der Waals surface area contributed by atoms with Crippen molar-refractivity contribution in [2.45, 2.75) is 49.7 Å². The maximum atomic E-state index is 12.4. The average molecular weight is 703 g/mol. The molecule has 266 valence electrons. The van der Waals surface area contributed by atoms with Gasteiger partial charge in [-0.3, -0.25) is 19.9 Å². The van der Waals surface area contributed by atoms with Crippen LogP contribution >= 0.6 is 0 Å². The van der Waals surface area contributed by atoms with Gasteiger partial charge in [0.1, 0.15) is 11.5 Å². The van der Waals surface area contributed by atoms with E-state index in [1.807, 2.05) is 53.4 Å². The topological polar surface area (TPSA) is 94.1 Å². The van der Waals surface area contributed by atoms with Crippen molar-refractivity contribution in [3.05, 3.63) is 142 Å². The molecular formula is C36H36F6N4O4. The van der Waals surface area contributed by atoms with Crippen LogP contribution in [0.3, 0.4) is 0 Å². The number of nitro groups is 1. The number of nitrogens with zero attached hydrogens (tertiary/aromatic N) is 3. The molecule has 0 amide bonds. The minimum Gasteiger partial charge on any atom is -0.406 e. The first-order valence-corrected chi connectivity index (χ1v) is 15.9. The van der Waals surface area contributed by atoms with E-state index in [4.69, 9.17) is 5.73 Å². The van der Waals surface area contributed by atoms with Gasteiger partial charge in [-0.1, -0.05) is 84.9 Å². The second-order valence-corrected chi connectivity index (χ2v) is 12.3. The summed E-state index contributed by atoms with van der Waals surface area (Å²) in [5, 5.41) is 11.5. The summed E-state index contributed by atoms with van der Waals surface area (Å²) in [6.07, 6.45) is -9.48. The maximum absolute atomic E-state index is 12.4. The molecule has 0 spiro atoms. The van der Waals surface area contributed by atoms with E-state index in [1.54, 1.807) is 18.2 Å². The van der Waals surface area contributed by atoms with Gasteiger partial charge in [-0.15, -0.1) is 26.3 Å². The predicted octanol–water partition coefficient (Wildman–Crippen LogP) is 7.34. The molecule has 8 nitrogen and oxygen atoms in total. The van der Waals surface area contributed by atoms with Crippen LogP contribution in [0.1, 0.15) is 34.1 Å². The molecule has 2 aliphatic heterocycles. The monoisotopic (exact) mass is 702 g/mol. The highest BCUT2D eigenvalue weighted by Crippen LogP contribution is 2.34. The summed E-state index contributed by atoms with van der Waals surface area (Å²) < 4.78 is 82.3. The van der Waals surface area contributed by atoms with Gasteiger partial charge in [0.25, 0.3) is 0 Å². The quantitative estimate of drug-likeness (QED) is 0.111. The number of likely N-dealkylation sites (tertiary alicyclic amines) is 2. The van der Waals surface area contributed by atoms with Crippen LogP contribution in [0.5, 0.6) is 11.5 Å². The van der Waals surface area contributed by atoms with Crippen LogP contribution < -0.4 is 15.2 Å². The lowest BCUT2D eigenvalue weighted by Crippen LogP contribution is -2.28. The van der Waals surface area contributed by atoms with Gasteiger partial charge in [0.05, 0.1) is 12.5 Å². The van der Waals surface area contributed by atoms with E-state index >= 15 is 0 Å². The van der Waals surface area contributed by atoms with E-state index < -0.39 is 24.7 Å². The van der Waals surface area contributed by atoms with E-state index in [1.165, 1.54) is 35.9 Å². The SMILES string of the molecule is N[C@@H]1CN(Cc2ccccc2)C[C@H]1c1cccc(OC(F)(F)F)c1.O=[N+]([O-])[C@@H]1CN(Cc2ccccc2)C[C@H]1c1cccc(OC(F)(F)F)c1. The zero-order chi connectivity index (χ0) is 35.9. The average Bonchev–Trinajstić information content (AvgIpc) is 3.64. The molecule has 0 bridgehead atoms. The predicted molar refractivity (Wildman–Crippen MR) is 174 cm³/mol. The highest BCUT2D eigenvalue weighted by molar-refractivity contribution is 5.34. The van der Waals surface area contributed by atoms with Crippen LogP contribution in [0.25, 0.3) is 0 Å². The Kier molecular flexibility index (Phi) is 11.7. The summed E-state index contributed by atoms with van der Waals surface area (Å²) in [6, 6.07) is 30.2. The first-order chi connectivity index (χ1) is 23.7. The summed E-state index contributed by atoms with van der Waals surface area (Å²) in [6.45, 7) is 3.41. The molecular weight excluding hydrogens is 666 g/mol. The molecule has 0 aromatic heterocycles. The summed E-state index contributed by atoms with van der Waals surface area (Å²) in [5.41, 5.74) is 9.71. The summed E-state index contributed by atoms with van der Waals surface area (Å²) >= 11 is 0. The first-order valence-electron chi connectivity index (χ1n) is 15.9. The zero-order valence-electron chi connectivity index (χ0n) is 26.8. The van der Waals surface area contributed by atoms with Crippen LogP contribution in [-0.4, -0.2) is 65.7 Å². The lowest BCUT2D eigenvalue weighted by Gasteiger charge is -2.17. The van der Waals surface area contributed by atoms with Gasteiger partial charge in [-0.25, -0.2) is 0 Å². The molecule has 2 heterocycles. The van der Waals surface area contributed by atoms with Crippen molar-refractivity contribution < 1.29 is 40.7 Å². The van der Waals surface area contributed by atoms with Gasteiger partial charge < -0.3 is 15.2 Å². The highest BCUT2D eigenvalue weighted by atomic mass is 19.4. The number of benzene rings is 4. The standard InChI is InChI=1S/C18H17F3N2O3.C18H19F3N2O/c19-18(20,21)26-15-8-4-7-14(9-15)16-11-22(12-17(16)23(24)25)10-13-5-2-1-3-6-13;19-18(20,21)24-15-8-4-7-14(9-15)16-11-23(12-17(16)22)10-13-5-2-1-3-6-13/h1-9,16-17H,10-12H2;1-9,16-17H,10-12,22H2/t2*16-,17+/m00/s1.